The first-order valence-electron chi connectivity index (χ1n) is 6.96. The zero-order valence-corrected chi connectivity index (χ0v) is 11.1. The van der Waals surface area contributed by atoms with Gasteiger partial charge in [0.2, 0.25) is 0 Å². The summed E-state index contributed by atoms with van der Waals surface area (Å²) in [7, 11) is 0. The molecular formula is C14H28O2. The molecule has 0 aromatic heterocycles. The number of esters is 1. The lowest BCUT2D eigenvalue weighted by molar-refractivity contribution is -0.143. The second-order valence-electron chi connectivity index (χ2n) is 4.38. The summed E-state index contributed by atoms with van der Waals surface area (Å²) < 4.78 is 4.75. The van der Waals surface area contributed by atoms with E-state index in [-0.39, 0.29) is 5.97 Å². The molecule has 0 saturated heterocycles. The van der Waals surface area contributed by atoms with Crippen molar-refractivity contribution in [2.24, 2.45) is 0 Å². The van der Waals surface area contributed by atoms with Gasteiger partial charge in [-0.15, -0.1) is 0 Å². The fourth-order valence-corrected chi connectivity index (χ4v) is 1.81. The Morgan fingerprint density at radius 1 is 0.938 bits per heavy atom. The van der Waals surface area contributed by atoms with Gasteiger partial charge >= 0.3 is 5.97 Å². The summed E-state index contributed by atoms with van der Waals surface area (Å²) in [6, 6.07) is 0. The minimum atomic E-state index is -0.0593. The van der Waals surface area contributed by atoms with E-state index in [2.05, 4.69) is 6.92 Å². The molecule has 0 spiro atoms. The maximum atomic E-state index is 10.7. The van der Waals surface area contributed by atoms with Crippen molar-refractivity contribution in [2.75, 3.05) is 6.61 Å². The average molecular weight is 228 g/mol. The van der Waals surface area contributed by atoms with E-state index in [0.29, 0.717) is 13.0 Å². The molecular weight excluding hydrogens is 200 g/mol. The van der Waals surface area contributed by atoms with E-state index >= 15 is 0 Å². The molecule has 1 aliphatic carbocycles. The van der Waals surface area contributed by atoms with E-state index in [1.54, 1.807) is 0 Å². The minimum Gasteiger partial charge on any atom is -0.466 e. The molecule has 0 heterocycles. The quantitative estimate of drug-likeness (QED) is 0.512. The Morgan fingerprint density at radius 3 is 1.81 bits per heavy atom. The molecule has 0 N–H and O–H groups in total. The molecule has 2 nitrogen and oxygen atoms in total. The van der Waals surface area contributed by atoms with Gasteiger partial charge in [-0.25, -0.2) is 0 Å². The van der Waals surface area contributed by atoms with Crippen LogP contribution in [0.3, 0.4) is 0 Å². The highest BCUT2D eigenvalue weighted by Crippen LogP contribution is 2.15. The van der Waals surface area contributed by atoms with Crippen LogP contribution in [0.25, 0.3) is 0 Å². The number of hydrogen-bond acceptors (Lipinski definition) is 2. The molecule has 0 bridgehead atoms. The highest BCUT2D eigenvalue weighted by Gasteiger charge is 1.98. The SMILES string of the molecule is C1CCCCC1.CCCCCC(=O)OCC. The van der Waals surface area contributed by atoms with Crippen LogP contribution in [-0.2, 0) is 9.53 Å². The summed E-state index contributed by atoms with van der Waals surface area (Å²) in [5.74, 6) is -0.0593. The van der Waals surface area contributed by atoms with Crippen LogP contribution in [-0.4, -0.2) is 12.6 Å². The molecule has 0 aliphatic heterocycles. The van der Waals surface area contributed by atoms with Crippen molar-refractivity contribution in [1.82, 2.24) is 0 Å². The number of carbonyl (C=O) groups is 1. The molecule has 0 radical (unpaired) electrons. The highest BCUT2D eigenvalue weighted by molar-refractivity contribution is 5.69. The zero-order valence-electron chi connectivity index (χ0n) is 11.1. The van der Waals surface area contributed by atoms with E-state index in [1.807, 2.05) is 6.92 Å². The van der Waals surface area contributed by atoms with E-state index in [4.69, 9.17) is 4.74 Å². The van der Waals surface area contributed by atoms with Crippen molar-refractivity contribution < 1.29 is 9.53 Å². The Balaban J connectivity index is 0.000000315. The Labute approximate surface area is 101 Å². The maximum absolute atomic E-state index is 10.7. The number of rotatable bonds is 5. The normalized spacial score (nSPS) is 14.9. The molecule has 1 saturated carbocycles. The summed E-state index contributed by atoms with van der Waals surface area (Å²) >= 11 is 0. The van der Waals surface area contributed by atoms with Gasteiger partial charge in [-0.3, -0.25) is 4.79 Å². The van der Waals surface area contributed by atoms with Crippen molar-refractivity contribution in [2.45, 2.75) is 78.1 Å². The van der Waals surface area contributed by atoms with Crippen LogP contribution in [0.15, 0.2) is 0 Å². The van der Waals surface area contributed by atoms with Gasteiger partial charge in [-0.1, -0.05) is 58.3 Å². The number of unbranched alkanes of at least 4 members (excludes halogenated alkanes) is 2. The summed E-state index contributed by atoms with van der Waals surface area (Å²) in [5.41, 5.74) is 0. The van der Waals surface area contributed by atoms with Crippen molar-refractivity contribution in [3.05, 3.63) is 0 Å². The van der Waals surface area contributed by atoms with Gasteiger partial charge in [0.05, 0.1) is 6.61 Å². The van der Waals surface area contributed by atoms with Crippen molar-refractivity contribution >= 4 is 5.97 Å². The van der Waals surface area contributed by atoms with E-state index in [0.717, 1.165) is 19.3 Å². The van der Waals surface area contributed by atoms with Gasteiger partial charge in [0, 0.05) is 6.42 Å². The first-order chi connectivity index (χ1) is 7.81. The topological polar surface area (TPSA) is 26.3 Å². The predicted molar refractivity (Wildman–Crippen MR) is 68.5 cm³/mol. The van der Waals surface area contributed by atoms with Crippen LogP contribution in [0.1, 0.15) is 78.1 Å². The van der Waals surface area contributed by atoms with Crippen LogP contribution >= 0.6 is 0 Å². The van der Waals surface area contributed by atoms with Crippen LogP contribution in [0.4, 0.5) is 0 Å². The molecule has 1 aliphatic rings. The number of ether oxygens (including phenoxy) is 1. The van der Waals surface area contributed by atoms with Crippen LogP contribution in [0.5, 0.6) is 0 Å². The fraction of sp³-hybridized carbons (Fsp3) is 0.929. The Kier molecular flexibility index (Phi) is 12.1. The molecule has 1 fully saturated rings. The minimum absolute atomic E-state index is 0.0593. The van der Waals surface area contributed by atoms with E-state index in [9.17, 15) is 4.79 Å². The Morgan fingerprint density at radius 2 is 1.44 bits per heavy atom. The molecule has 1 rings (SSSR count). The summed E-state index contributed by atoms with van der Waals surface area (Å²) in [6.07, 6.45) is 12.8. The highest BCUT2D eigenvalue weighted by atomic mass is 16.5. The van der Waals surface area contributed by atoms with Crippen LogP contribution in [0.2, 0.25) is 0 Å². The lowest BCUT2D eigenvalue weighted by Gasteiger charge is -2.05. The third-order valence-corrected chi connectivity index (χ3v) is 2.79. The lowest BCUT2D eigenvalue weighted by atomic mass is 10.0. The number of carbonyl (C=O) groups excluding carboxylic acids is 1. The van der Waals surface area contributed by atoms with Crippen molar-refractivity contribution in [3.63, 3.8) is 0 Å². The van der Waals surface area contributed by atoms with E-state index < -0.39 is 0 Å². The van der Waals surface area contributed by atoms with Gasteiger partial charge in [-0.2, -0.15) is 0 Å². The second-order valence-corrected chi connectivity index (χ2v) is 4.38. The summed E-state index contributed by atoms with van der Waals surface area (Å²) in [6.45, 7) is 4.45. The molecule has 0 amide bonds. The van der Waals surface area contributed by atoms with E-state index in [1.165, 1.54) is 38.5 Å². The molecule has 0 unspecified atom stereocenters. The fourth-order valence-electron chi connectivity index (χ4n) is 1.81. The third kappa shape index (κ3) is 11.5. The lowest BCUT2D eigenvalue weighted by Crippen LogP contribution is -2.02. The molecule has 2 heteroatoms. The summed E-state index contributed by atoms with van der Waals surface area (Å²) in [5, 5.41) is 0. The number of hydrogen-bond donors (Lipinski definition) is 0. The predicted octanol–water partition coefficient (Wildman–Crippen LogP) is 4.47. The molecule has 0 atom stereocenters. The van der Waals surface area contributed by atoms with Gasteiger partial charge in [0.1, 0.15) is 0 Å². The summed E-state index contributed by atoms with van der Waals surface area (Å²) in [4.78, 5) is 10.7. The van der Waals surface area contributed by atoms with Crippen molar-refractivity contribution in [3.8, 4) is 0 Å². The molecule has 0 aromatic carbocycles. The average Bonchev–Trinajstić information content (AvgIpc) is 2.33. The standard InChI is InChI=1S/C8H16O2.C6H12/c1-3-5-6-7-8(9)10-4-2;1-2-4-6-5-3-1/h3-7H2,1-2H3;1-6H2. The van der Waals surface area contributed by atoms with Gasteiger partial charge in [-0.05, 0) is 13.3 Å². The first-order valence-corrected chi connectivity index (χ1v) is 6.96. The van der Waals surface area contributed by atoms with Crippen molar-refractivity contribution in [1.29, 1.82) is 0 Å². The monoisotopic (exact) mass is 228 g/mol. The molecule has 96 valence electrons. The Bertz CT molecular complexity index is 139. The smallest absolute Gasteiger partial charge is 0.305 e. The molecule has 0 aromatic rings. The first kappa shape index (κ1) is 15.5. The van der Waals surface area contributed by atoms with Gasteiger partial charge in [0.15, 0.2) is 0 Å². The van der Waals surface area contributed by atoms with Gasteiger partial charge < -0.3 is 4.74 Å². The van der Waals surface area contributed by atoms with Gasteiger partial charge in [0.25, 0.3) is 0 Å². The second kappa shape index (κ2) is 12.5. The van der Waals surface area contributed by atoms with Crippen LogP contribution < -0.4 is 0 Å². The zero-order chi connectivity index (χ0) is 12.1. The Hall–Kier alpha value is -0.530. The maximum Gasteiger partial charge on any atom is 0.305 e. The molecule has 16 heavy (non-hydrogen) atoms. The largest absolute Gasteiger partial charge is 0.466 e. The third-order valence-electron chi connectivity index (χ3n) is 2.79. The van der Waals surface area contributed by atoms with Crippen LogP contribution in [0, 0.1) is 0 Å².